The van der Waals surface area contributed by atoms with E-state index in [1.807, 2.05) is 13.0 Å². The van der Waals surface area contributed by atoms with Crippen molar-refractivity contribution in [2.75, 3.05) is 14.2 Å². The summed E-state index contributed by atoms with van der Waals surface area (Å²) < 4.78 is 11.8. The SMILES string of the molecule is CCn1nc(-c2ccc(OC)c(OC)c2)cc(CO)c1=O. The summed E-state index contributed by atoms with van der Waals surface area (Å²) in [5.74, 6) is 1.20. The van der Waals surface area contributed by atoms with Crippen LogP contribution in [-0.4, -0.2) is 29.1 Å². The molecule has 112 valence electrons. The van der Waals surface area contributed by atoms with Crippen molar-refractivity contribution < 1.29 is 14.6 Å². The Morgan fingerprint density at radius 2 is 1.90 bits per heavy atom. The maximum atomic E-state index is 11.9. The van der Waals surface area contributed by atoms with Crippen LogP contribution in [0.5, 0.6) is 11.5 Å². The standard InChI is InChI=1S/C15H18N2O4/c1-4-17-15(19)11(9-18)7-12(16-17)10-5-6-13(20-2)14(8-10)21-3/h5-8,18H,4,9H2,1-3H3. The topological polar surface area (TPSA) is 73.6 Å². The Morgan fingerprint density at radius 3 is 2.48 bits per heavy atom. The van der Waals surface area contributed by atoms with Gasteiger partial charge in [0.05, 0.1) is 26.5 Å². The summed E-state index contributed by atoms with van der Waals surface area (Å²) >= 11 is 0. The lowest BCUT2D eigenvalue weighted by molar-refractivity contribution is 0.278. The first kappa shape index (κ1) is 15.1. The summed E-state index contributed by atoms with van der Waals surface area (Å²) in [6.45, 7) is 1.95. The molecule has 21 heavy (non-hydrogen) atoms. The van der Waals surface area contributed by atoms with Crippen LogP contribution >= 0.6 is 0 Å². The largest absolute Gasteiger partial charge is 0.493 e. The van der Waals surface area contributed by atoms with Crippen molar-refractivity contribution in [2.24, 2.45) is 0 Å². The number of hydrogen-bond donors (Lipinski definition) is 1. The van der Waals surface area contributed by atoms with Crippen LogP contribution in [-0.2, 0) is 13.2 Å². The van der Waals surface area contributed by atoms with Crippen molar-refractivity contribution in [2.45, 2.75) is 20.1 Å². The molecule has 0 bridgehead atoms. The highest BCUT2D eigenvalue weighted by Crippen LogP contribution is 2.31. The first-order chi connectivity index (χ1) is 10.1. The van der Waals surface area contributed by atoms with Gasteiger partial charge in [-0.2, -0.15) is 5.10 Å². The van der Waals surface area contributed by atoms with Gasteiger partial charge in [0.15, 0.2) is 11.5 Å². The van der Waals surface area contributed by atoms with Gasteiger partial charge >= 0.3 is 0 Å². The van der Waals surface area contributed by atoms with E-state index in [-0.39, 0.29) is 12.2 Å². The summed E-state index contributed by atoms with van der Waals surface area (Å²) in [5.41, 5.74) is 1.42. The van der Waals surface area contributed by atoms with Gasteiger partial charge in [0.2, 0.25) is 0 Å². The highest BCUT2D eigenvalue weighted by atomic mass is 16.5. The fourth-order valence-electron chi connectivity index (χ4n) is 2.06. The second-order valence-corrected chi connectivity index (χ2v) is 4.40. The lowest BCUT2D eigenvalue weighted by Crippen LogP contribution is -2.26. The average Bonchev–Trinajstić information content (AvgIpc) is 2.54. The number of hydrogen-bond acceptors (Lipinski definition) is 5. The van der Waals surface area contributed by atoms with Gasteiger partial charge in [-0.15, -0.1) is 0 Å². The van der Waals surface area contributed by atoms with Crippen LogP contribution in [0, 0.1) is 0 Å². The van der Waals surface area contributed by atoms with Crippen molar-refractivity contribution in [3.8, 4) is 22.8 Å². The van der Waals surface area contributed by atoms with E-state index in [2.05, 4.69) is 5.10 Å². The monoisotopic (exact) mass is 290 g/mol. The molecule has 2 aromatic rings. The van der Waals surface area contributed by atoms with E-state index in [4.69, 9.17) is 9.47 Å². The molecule has 1 heterocycles. The van der Waals surface area contributed by atoms with Crippen molar-refractivity contribution in [1.29, 1.82) is 0 Å². The Labute approximate surface area is 122 Å². The summed E-state index contributed by atoms with van der Waals surface area (Å²) in [7, 11) is 3.12. The van der Waals surface area contributed by atoms with Crippen LogP contribution in [0.4, 0.5) is 0 Å². The second kappa shape index (κ2) is 6.41. The van der Waals surface area contributed by atoms with Crippen molar-refractivity contribution >= 4 is 0 Å². The molecule has 0 radical (unpaired) electrons. The third kappa shape index (κ3) is 2.90. The summed E-state index contributed by atoms with van der Waals surface area (Å²) in [6.07, 6.45) is 0. The van der Waals surface area contributed by atoms with E-state index in [0.717, 1.165) is 5.56 Å². The number of aliphatic hydroxyl groups is 1. The number of aromatic nitrogens is 2. The Balaban J connectivity index is 2.58. The van der Waals surface area contributed by atoms with Crippen molar-refractivity contribution in [3.05, 3.63) is 40.2 Å². The Morgan fingerprint density at radius 1 is 1.19 bits per heavy atom. The van der Waals surface area contributed by atoms with Crippen LogP contribution in [0.3, 0.4) is 0 Å². The fourth-order valence-corrected chi connectivity index (χ4v) is 2.06. The van der Waals surface area contributed by atoms with Gasteiger partial charge < -0.3 is 14.6 Å². The lowest BCUT2D eigenvalue weighted by Gasteiger charge is -2.11. The predicted octanol–water partition coefficient (Wildman–Crippen LogP) is 1.44. The molecular weight excluding hydrogens is 272 g/mol. The summed E-state index contributed by atoms with van der Waals surface area (Å²) in [5, 5.41) is 13.6. The normalized spacial score (nSPS) is 10.5. The van der Waals surface area contributed by atoms with Gasteiger partial charge in [-0.1, -0.05) is 0 Å². The van der Waals surface area contributed by atoms with Gasteiger partial charge in [0.1, 0.15) is 0 Å². The lowest BCUT2D eigenvalue weighted by atomic mass is 10.1. The second-order valence-electron chi connectivity index (χ2n) is 4.40. The van der Waals surface area contributed by atoms with Gasteiger partial charge in [-0.25, -0.2) is 4.68 Å². The van der Waals surface area contributed by atoms with Crippen LogP contribution in [0.2, 0.25) is 0 Å². The van der Waals surface area contributed by atoms with Crippen LogP contribution < -0.4 is 15.0 Å². The zero-order chi connectivity index (χ0) is 15.4. The molecule has 0 atom stereocenters. The number of aliphatic hydroxyl groups excluding tert-OH is 1. The predicted molar refractivity (Wildman–Crippen MR) is 78.6 cm³/mol. The first-order valence-electron chi connectivity index (χ1n) is 6.58. The van der Waals surface area contributed by atoms with E-state index in [1.165, 1.54) is 4.68 Å². The molecule has 0 aliphatic carbocycles. The number of ether oxygens (including phenoxy) is 2. The number of aryl methyl sites for hydroxylation is 1. The molecule has 0 fully saturated rings. The van der Waals surface area contributed by atoms with E-state index in [1.54, 1.807) is 32.4 Å². The molecule has 1 N–H and O–H groups in total. The quantitative estimate of drug-likeness (QED) is 0.902. The highest BCUT2D eigenvalue weighted by molar-refractivity contribution is 5.64. The van der Waals surface area contributed by atoms with Crippen LogP contribution in [0.15, 0.2) is 29.1 Å². The molecule has 0 saturated heterocycles. The van der Waals surface area contributed by atoms with Gasteiger partial charge in [-0.05, 0) is 31.2 Å². The number of rotatable bonds is 5. The minimum atomic E-state index is -0.318. The Bertz CT molecular complexity index is 666. The van der Waals surface area contributed by atoms with Crippen LogP contribution in [0.1, 0.15) is 12.5 Å². The van der Waals surface area contributed by atoms with E-state index >= 15 is 0 Å². The van der Waals surface area contributed by atoms with E-state index in [0.29, 0.717) is 29.3 Å². The van der Waals surface area contributed by atoms with Crippen LogP contribution in [0.25, 0.3) is 11.3 Å². The van der Waals surface area contributed by atoms with E-state index < -0.39 is 0 Å². The Kier molecular flexibility index (Phi) is 4.59. The van der Waals surface area contributed by atoms with Crippen molar-refractivity contribution in [1.82, 2.24) is 9.78 Å². The molecule has 1 aromatic carbocycles. The zero-order valence-electron chi connectivity index (χ0n) is 12.3. The van der Waals surface area contributed by atoms with Crippen molar-refractivity contribution in [3.63, 3.8) is 0 Å². The molecule has 2 rings (SSSR count). The minimum absolute atomic E-state index is 0.274. The molecule has 1 aromatic heterocycles. The third-order valence-corrected chi connectivity index (χ3v) is 3.20. The smallest absolute Gasteiger partial charge is 0.272 e. The average molecular weight is 290 g/mol. The molecule has 0 saturated carbocycles. The Hall–Kier alpha value is -2.34. The number of methoxy groups -OCH3 is 2. The van der Waals surface area contributed by atoms with Gasteiger partial charge in [0.25, 0.3) is 5.56 Å². The molecule has 0 spiro atoms. The highest BCUT2D eigenvalue weighted by Gasteiger charge is 2.11. The molecule has 0 aliphatic heterocycles. The molecule has 6 heteroatoms. The molecule has 0 unspecified atom stereocenters. The minimum Gasteiger partial charge on any atom is -0.493 e. The number of benzene rings is 1. The molecular formula is C15H18N2O4. The van der Waals surface area contributed by atoms with Gasteiger partial charge in [-0.3, -0.25) is 4.79 Å². The molecule has 0 aliphatic rings. The maximum absolute atomic E-state index is 11.9. The zero-order valence-corrected chi connectivity index (χ0v) is 12.3. The maximum Gasteiger partial charge on any atom is 0.272 e. The third-order valence-electron chi connectivity index (χ3n) is 3.20. The van der Waals surface area contributed by atoms with E-state index in [9.17, 15) is 9.90 Å². The van der Waals surface area contributed by atoms with Gasteiger partial charge in [0, 0.05) is 17.7 Å². The summed E-state index contributed by atoms with van der Waals surface area (Å²) in [4.78, 5) is 11.9. The molecule has 0 amide bonds. The first-order valence-corrected chi connectivity index (χ1v) is 6.58. The number of nitrogens with zero attached hydrogens (tertiary/aromatic N) is 2. The molecule has 6 nitrogen and oxygen atoms in total. The fraction of sp³-hybridized carbons (Fsp3) is 0.333. The summed E-state index contributed by atoms with van der Waals surface area (Å²) in [6, 6.07) is 6.98.